The van der Waals surface area contributed by atoms with Gasteiger partial charge >= 0.3 is 8.80 Å². The molecule has 0 spiro atoms. The molecule has 4 nitrogen and oxygen atoms in total. The summed E-state index contributed by atoms with van der Waals surface area (Å²) in [5.41, 5.74) is 0.816. The normalized spacial score (nSPS) is 13.6. The standard InChI is InChI=1S/C16H40O4Si3/c1-9-10-11-12-13-14-15-21(5,6)20-22(7,8)16-23(17-2,18-3)19-4/h9-16H2,1-8H3. The van der Waals surface area contributed by atoms with Gasteiger partial charge in [0.15, 0.2) is 16.6 Å². The molecule has 0 aliphatic heterocycles. The number of rotatable bonds is 14. The molecule has 0 aliphatic carbocycles. The minimum Gasteiger partial charge on any atom is -0.455 e. The second kappa shape index (κ2) is 11.2. The first-order valence-corrected chi connectivity index (χ1v) is 17.2. The van der Waals surface area contributed by atoms with Gasteiger partial charge in [-0.2, -0.15) is 0 Å². The molecule has 0 N–H and O–H groups in total. The Hall–Kier alpha value is 0.491. The van der Waals surface area contributed by atoms with Crippen molar-refractivity contribution in [2.45, 2.75) is 83.3 Å². The van der Waals surface area contributed by atoms with E-state index in [2.05, 4.69) is 33.1 Å². The Kier molecular flexibility index (Phi) is 11.4. The van der Waals surface area contributed by atoms with Gasteiger partial charge in [-0.3, -0.25) is 0 Å². The summed E-state index contributed by atoms with van der Waals surface area (Å²) in [5, 5.41) is 0. The average Bonchev–Trinajstić information content (AvgIpc) is 2.47. The topological polar surface area (TPSA) is 36.9 Å². The molecule has 0 bridgehead atoms. The van der Waals surface area contributed by atoms with Crippen LogP contribution in [0.1, 0.15) is 45.4 Å². The molecule has 0 rings (SSSR count). The molecule has 0 aromatic carbocycles. The molecule has 0 atom stereocenters. The van der Waals surface area contributed by atoms with Crippen LogP contribution in [-0.2, 0) is 17.4 Å². The van der Waals surface area contributed by atoms with E-state index in [9.17, 15) is 0 Å². The van der Waals surface area contributed by atoms with Gasteiger partial charge in [-0.05, 0) is 32.2 Å². The highest BCUT2D eigenvalue weighted by Crippen LogP contribution is 2.28. The van der Waals surface area contributed by atoms with Gasteiger partial charge in [-0.25, -0.2) is 0 Å². The van der Waals surface area contributed by atoms with Gasteiger partial charge in [0, 0.05) is 27.0 Å². The number of unbranched alkanes of at least 4 members (excludes halogenated alkanes) is 5. The molecule has 0 aromatic heterocycles. The molecule has 0 fully saturated rings. The van der Waals surface area contributed by atoms with Gasteiger partial charge in [0.1, 0.15) is 0 Å². The molecular weight excluding hydrogens is 340 g/mol. The van der Waals surface area contributed by atoms with Gasteiger partial charge < -0.3 is 17.4 Å². The first-order chi connectivity index (χ1) is 10.7. The molecule has 7 heteroatoms. The molecule has 0 saturated carbocycles. The van der Waals surface area contributed by atoms with E-state index in [1.165, 1.54) is 44.6 Å². The summed E-state index contributed by atoms with van der Waals surface area (Å²) in [6.45, 7) is 11.5. The first kappa shape index (κ1) is 23.5. The second-order valence-electron chi connectivity index (χ2n) is 7.61. The Morgan fingerprint density at radius 3 is 1.61 bits per heavy atom. The Balaban J connectivity index is 4.38. The van der Waals surface area contributed by atoms with E-state index >= 15 is 0 Å². The number of hydrogen-bond acceptors (Lipinski definition) is 4. The monoisotopic (exact) mass is 380 g/mol. The Bertz CT molecular complexity index is 299. The van der Waals surface area contributed by atoms with Crippen LogP contribution in [0.15, 0.2) is 0 Å². The number of hydrogen-bond donors (Lipinski definition) is 0. The lowest BCUT2D eigenvalue weighted by Gasteiger charge is -2.37. The van der Waals surface area contributed by atoms with Crippen LogP contribution in [-0.4, -0.2) is 46.8 Å². The fourth-order valence-corrected chi connectivity index (χ4v) is 18.0. The van der Waals surface area contributed by atoms with E-state index in [1.54, 1.807) is 21.3 Å². The summed E-state index contributed by atoms with van der Waals surface area (Å²) in [6.07, 6.45) is 8.07. The Morgan fingerprint density at radius 1 is 0.652 bits per heavy atom. The van der Waals surface area contributed by atoms with Crippen molar-refractivity contribution in [2.24, 2.45) is 0 Å². The van der Waals surface area contributed by atoms with Crippen LogP contribution < -0.4 is 0 Å². The third-order valence-electron chi connectivity index (χ3n) is 4.26. The van der Waals surface area contributed by atoms with E-state index in [-0.39, 0.29) is 0 Å². The van der Waals surface area contributed by atoms with Crippen LogP contribution in [0.5, 0.6) is 0 Å². The molecule has 0 aliphatic rings. The first-order valence-electron chi connectivity index (χ1n) is 9.01. The second-order valence-corrected chi connectivity index (χ2v) is 20.0. The van der Waals surface area contributed by atoms with Crippen LogP contribution in [0.3, 0.4) is 0 Å². The molecular formula is C16H40O4Si3. The van der Waals surface area contributed by atoms with Crippen molar-refractivity contribution < 1.29 is 17.4 Å². The van der Waals surface area contributed by atoms with Crippen LogP contribution in [0.4, 0.5) is 0 Å². The predicted octanol–water partition coefficient (Wildman–Crippen LogP) is 5.19. The highest BCUT2D eigenvalue weighted by atomic mass is 28.5. The smallest absolute Gasteiger partial charge is 0.455 e. The minimum atomic E-state index is -2.55. The molecule has 0 saturated heterocycles. The summed E-state index contributed by atoms with van der Waals surface area (Å²) < 4.78 is 23.4. The quantitative estimate of drug-likeness (QED) is 0.307. The van der Waals surface area contributed by atoms with E-state index < -0.39 is 25.4 Å². The lowest BCUT2D eigenvalue weighted by atomic mass is 10.1. The molecule has 0 amide bonds. The van der Waals surface area contributed by atoms with E-state index in [0.717, 1.165) is 5.67 Å². The molecule has 0 aromatic rings. The third-order valence-corrected chi connectivity index (χ3v) is 17.2. The van der Waals surface area contributed by atoms with Gasteiger partial charge in [-0.1, -0.05) is 45.4 Å². The molecule has 0 radical (unpaired) electrons. The van der Waals surface area contributed by atoms with Crippen molar-refractivity contribution >= 4 is 25.4 Å². The lowest BCUT2D eigenvalue weighted by molar-refractivity contribution is 0.127. The zero-order valence-electron chi connectivity index (χ0n) is 16.8. The van der Waals surface area contributed by atoms with E-state index in [4.69, 9.17) is 17.4 Å². The van der Waals surface area contributed by atoms with Crippen molar-refractivity contribution in [1.82, 2.24) is 0 Å². The summed E-state index contributed by atoms with van der Waals surface area (Å²) in [7, 11) is -0.995. The highest BCUT2D eigenvalue weighted by Gasteiger charge is 2.47. The zero-order chi connectivity index (χ0) is 18.0. The zero-order valence-corrected chi connectivity index (χ0v) is 19.8. The third kappa shape index (κ3) is 10.2. The van der Waals surface area contributed by atoms with E-state index in [1.807, 2.05) is 0 Å². The maximum atomic E-state index is 6.69. The van der Waals surface area contributed by atoms with Crippen molar-refractivity contribution in [1.29, 1.82) is 0 Å². The summed E-state index contributed by atoms with van der Waals surface area (Å²) >= 11 is 0. The Morgan fingerprint density at radius 2 is 1.13 bits per heavy atom. The van der Waals surface area contributed by atoms with Gasteiger partial charge in [0.25, 0.3) is 0 Å². The average molecular weight is 381 g/mol. The van der Waals surface area contributed by atoms with Crippen molar-refractivity contribution in [3.8, 4) is 0 Å². The molecule has 23 heavy (non-hydrogen) atoms. The lowest BCUT2D eigenvalue weighted by Crippen LogP contribution is -2.54. The summed E-state index contributed by atoms with van der Waals surface area (Å²) in [6, 6.07) is 1.25. The molecule has 140 valence electrons. The minimum absolute atomic E-state index is 0.816. The van der Waals surface area contributed by atoms with Gasteiger partial charge in [-0.15, -0.1) is 0 Å². The maximum Gasteiger partial charge on any atom is 0.499 e. The SMILES string of the molecule is CCCCCCCC[Si](C)(C)O[Si](C)(C)C[Si](OC)(OC)OC. The largest absolute Gasteiger partial charge is 0.499 e. The predicted molar refractivity (Wildman–Crippen MR) is 106 cm³/mol. The van der Waals surface area contributed by atoms with Crippen LogP contribution >= 0.6 is 0 Å². The highest BCUT2D eigenvalue weighted by molar-refractivity contribution is 6.91. The van der Waals surface area contributed by atoms with E-state index in [0.29, 0.717) is 0 Å². The summed E-state index contributed by atoms with van der Waals surface area (Å²) in [4.78, 5) is 0. The van der Waals surface area contributed by atoms with Gasteiger partial charge in [0.2, 0.25) is 0 Å². The van der Waals surface area contributed by atoms with Crippen LogP contribution in [0.2, 0.25) is 37.9 Å². The Labute approximate surface area is 147 Å². The van der Waals surface area contributed by atoms with Gasteiger partial charge in [0.05, 0.1) is 0 Å². The van der Waals surface area contributed by atoms with Crippen molar-refractivity contribution in [2.75, 3.05) is 21.3 Å². The molecule has 0 unspecified atom stereocenters. The van der Waals surface area contributed by atoms with Crippen LogP contribution in [0.25, 0.3) is 0 Å². The van der Waals surface area contributed by atoms with Crippen LogP contribution in [0, 0.1) is 0 Å². The van der Waals surface area contributed by atoms with Crippen molar-refractivity contribution in [3.05, 3.63) is 0 Å². The maximum absolute atomic E-state index is 6.69. The summed E-state index contributed by atoms with van der Waals surface area (Å²) in [5.74, 6) is 0. The van der Waals surface area contributed by atoms with Crippen molar-refractivity contribution in [3.63, 3.8) is 0 Å². The fourth-order valence-electron chi connectivity index (χ4n) is 3.15. The fraction of sp³-hybridized carbons (Fsp3) is 1.00. The molecule has 0 heterocycles.